The molecule has 2 fully saturated rings. The quantitative estimate of drug-likeness (QED) is 0.100. The van der Waals surface area contributed by atoms with Crippen LogP contribution in [0.1, 0.15) is 54.7 Å². The highest BCUT2D eigenvalue weighted by Gasteiger charge is 2.45. The summed E-state index contributed by atoms with van der Waals surface area (Å²) >= 11 is 0. The first-order valence-electron chi connectivity index (χ1n) is 18.2. The number of hydrogen-bond donors (Lipinski definition) is 7. The Morgan fingerprint density at radius 1 is 0.929 bits per heavy atom. The summed E-state index contributed by atoms with van der Waals surface area (Å²) in [5, 5.41) is 64.5. The number of anilines is 3. The van der Waals surface area contributed by atoms with Gasteiger partial charge in [-0.2, -0.15) is 14.8 Å². The van der Waals surface area contributed by atoms with Gasteiger partial charge >= 0.3 is 6.03 Å². The molecule has 0 spiro atoms. The van der Waals surface area contributed by atoms with E-state index < -0.39 is 24.3 Å². The van der Waals surface area contributed by atoms with Gasteiger partial charge in [0.1, 0.15) is 29.7 Å². The van der Waals surface area contributed by atoms with Gasteiger partial charge in [-0.1, -0.05) is 31.2 Å². The molecule has 5 heterocycles. The van der Waals surface area contributed by atoms with Crippen LogP contribution in [0, 0.1) is 0 Å². The van der Waals surface area contributed by atoms with Crippen LogP contribution < -0.4 is 20.9 Å². The van der Waals surface area contributed by atoms with E-state index in [2.05, 4.69) is 36.3 Å². The first-order chi connectivity index (χ1) is 26.7. The average Bonchev–Trinajstić information content (AvgIpc) is 4.01. The fourth-order valence-corrected chi connectivity index (χ4v) is 7.33. The van der Waals surface area contributed by atoms with Crippen molar-refractivity contribution in [3.63, 3.8) is 0 Å². The zero-order valence-corrected chi connectivity index (χ0v) is 31.1. The van der Waals surface area contributed by atoms with Crippen molar-refractivity contribution >= 4 is 47.1 Å². The summed E-state index contributed by atoms with van der Waals surface area (Å²) in [6, 6.07) is 15.6. The van der Waals surface area contributed by atoms with Gasteiger partial charge in [-0.15, -0.1) is 22.6 Å². The summed E-state index contributed by atoms with van der Waals surface area (Å²) in [6.07, 6.45) is 3.98. The normalized spacial score (nSPS) is 20.6. The SMILES string of the molecule is CCc1nnn([C@H]2C[C@@H](n3cnc4c(NCC(c5ccc(O)cc5)c5ccc(O)cc5)nc(N5CC[C@@H](NC(=O)Nc6ccncc6)C5)nc43)[C@H](O)[C@@H]2O)n1.Cl. The van der Waals surface area contributed by atoms with Crippen LogP contribution in [0.3, 0.4) is 0 Å². The van der Waals surface area contributed by atoms with Gasteiger partial charge in [0.2, 0.25) is 5.95 Å². The lowest BCUT2D eigenvalue weighted by molar-refractivity contribution is 0.00473. The van der Waals surface area contributed by atoms with Gasteiger partial charge in [-0.25, -0.2) is 9.78 Å². The van der Waals surface area contributed by atoms with Crippen LogP contribution in [-0.4, -0.2) is 109 Å². The second-order valence-corrected chi connectivity index (χ2v) is 13.8. The molecule has 1 aliphatic carbocycles. The lowest BCUT2D eigenvalue weighted by Gasteiger charge is -2.22. The number of aliphatic hydroxyl groups is 2. The molecule has 56 heavy (non-hydrogen) atoms. The highest BCUT2D eigenvalue weighted by Crippen LogP contribution is 2.40. The third-order valence-electron chi connectivity index (χ3n) is 10.3. The number of amides is 2. The monoisotopic (exact) mass is 783 g/mol. The number of aryl methyl sites for hydroxylation is 1. The number of nitrogens with one attached hydrogen (secondary N) is 3. The van der Waals surface area contributed by atoms with E-state index in [-0.39, 0.29) is 41.9 Å². The van der Waals surface area contributed by atoms with E-state index in [1.165, 1.54) is 4.80 Å². The third-order valence-corrected chi connectivity index (χ3v) is 10.3. The zero-order valence-electron chi connectivity index (χ0n) is 30.3. The number of benzene rings is 2. The highest BCUT2D eigenvalue weighted by molar-refractivity contribution is 5.89. The second kappa shape index (κ2) is 16.3. The fraction of sp³-hybridized carbons (Fsp3) is 0.351. The zero-order chi connectivity index (χ0) is 38.1. The number of aliphatic hydroxyl groups excluding tert-OH is 2. The first kappa shape index (κ1) is 38.2. The van der Waals surface area contributed by atoms with Gasteiger partial charge in [-0.3, -0.25) is 4.98 Å². The number of aromatic nitrogens is 9. The Labute approximate surface area is 327 Å². The molecular formula is C37H42ClN13O5. The van der Waals surface area contributed by atoms with E-state index in [0.717, 1.165) is 11.1 Å². The molecule has 0 radical (unpaired) electrons. The van der Waals surface area contributed by atoms with Crippen LogP contribution in [0.4, 0.5) is 22.2 Å². The molecule has 7 N–H and O–H groups in total. The number of nitrogens with zero attached hydrogens (tertiary/aromatic N) is 10. The summed E-state index contributed by atoms with van der Waals surface area (Å²) in [4.78, 5) is 34.8. The van der Waals surface area contributed by atoms with Gasteiger partial charge in [0.05, 0.1) is 12.4 Å². The minimum Gasteiger partial charge on any atom is -0.508 e. The largest absolute Gasteiger partial charge is 0.508 e. The molecule has 2 aromatic carbocycles. The Hall–Kier alpha value is -6.11. The van der Waals surface area contributed by atoms with Gasteiger partial charge in [0.15, 0.2) is 22.8 Å². The van der Waals surface area contributed by atoms with Crippen LogP contribution in [-0.2, 0) is 6.42 Å². The fourth-order valence-electron chi connectivity index (χ4n) is 7.33. The molecular weight excluding hydrogens is 742 g/mol. The van der Waals surface area contributed by atoms with E-state index in [4.69, 9.17) is 15.0 Å². The Bertz CT molecular complexity index is 2210. The number of aromatic hydroxyl groups is 2. The molecule has 292 valence electrons. The number of imidazole rings is 1. The molecule has 2 aliphatic rings. The summed E-state index contributed by atoms with van der Waals surface area (Å²) in [7, 11) is 0. The van der Waals surface area contributed by atoms with Crippen LogP contribution in [0.2, 0.25) is 0 Å². The van der Waals surface area contributed by atoms with E-state index >= 15 is 0 Å². The number of fused-ring (bicyclic) bond motifs is 1. The van der Waals surface area contributed by atoms with Crippen molar-refractivity contribution in [1.82, 2.24) is 50.0 Å². The molecule has 0 unspecified atom stereocenters. The van der Waals surface area contributed by atoms with Gasteiger partial charge in [0, 0.05) is 56.1 Å². The molecule has 4 aromatic heterocycles. The van der Waals surface area contributed by atoms with Gasteiger partial charge in [0.25, 0.3) is 0 Å². The molecule has 2 amide bonds. The average molecular weight is 784 g/mol. The summed E-state index contributed by atoms with van der Waals surface area (Å²) in [6.45, 7) is 3.28. The summed E-state index contributed by atoms with van der Waals surface area (Å²) < 4.78 is 1.77. The van der Waals surface area contributed by atoms with Gasteiger partial charge in [-0.05, 0) is 65.6 Å². The number of tetrazole rings is 1. The topological polar surface area (TPSA) is 237 Å². The molecule has 18 nitrogen and oxygen atoms in total. The summed E-state index contributed by atoms with van der Waals surface area (Å²) in [5.41, 5.74) is 3.38. The number of rotatable bonds is 11. The molecule has 8 rings (SSSR count). The van der Waals surface area contributed by atoms with Crippen molar-refractivity contribution in [3.8, 4) is 11.5 Å². The van der Waals surface area contributed by atoms with Crippen molar-refractivity contribution < 1.29 is 25.2 Å². The molecule has 6 aromatic rings. The van der Waals surface area contributed by atoms with Crippen molar-refractivity contribution in [1.29, 1.82) is 0 Å². The Morgan fingerprint density at radius 2 is 1.61 bits per heavy atom. The van der Waals surface area contributed by atoms with E-state index in [9.17, 15) is 25.2 Å². The molecule has 1 saturated carbocycles. The van der Waals surface area contributed by atoms with Gasteiger partial charge < -0.3 is 45.8 Å². The van der Waals surface area contributed by atoms with Crippen LogP contribution in [0.25, 0.3) is 11.2 Å². The maximum Gasteiger partial charge on any atom is 0.319 e. The van der Waals surface area contributed by atoms with Crippen molar-refractivity contribution in [3.05, 3.63) is 96.3 Å². The Kier molecular flexibility index (Phi) is 11.1. The molecule has 1 saturated heterocycles. The maximum atomic E-state index is 12.8. The maximum absolute atomic E-state index is 12.8. The van der Waals surface area contributed by atoms with E-state index in [1.807, 2.05) is 36.1 Å². The minimum absolute atomic E-state index is 0. The number of halogens is 1. The van der Waals surface area contributed by atoms with E-state index in [0.29, 0.717) is 73.3 Å². The Morgan fingerprint density at radius 3 is 2.27 bits per heavy atom. The van der Waals surface area contributed by atoms with Crippen LogP contribution in [0.15, 0.2) is 79.4 Å². The summed E-state index contributed by atoms with van der Waals surface area (Å²) in [5.74, 6) is 1.46. The number of pyridine rings is 1. The predicted octanol–water partition coefficient (Wildman–Crippen LogP) is 3.16. The lowest BCUT2D eigenvalue weighted by atomic mass is 9.91. The Balaban J connectivity index is 0.00000480. The standard InChI is InChI=1S/C37H41N13O5.ClH/c1-2-30-45-47-50(46-30)29-17-28(32(53)33(29)54)49-20-40-31-34(39-18-27(21-3-7-25(51)8-4-21)22-5-9-26(52)10-6-22)43-36(44-35(31)49)48-16-13-24(19-48)42-37(55)41-23-11-14-38-15-12-23;/h3-12,14-15,20,24,27-29,32-33,51-54H,2,13,16-19H2,1H3,(H,39,43,44)(H2,38,41,42,55);1H/t24-,28-,29+,32+,33-;/m1./s1. The minimum atomic E-state index is -1.18. The number of carbonyl (C=O) groups is 1. The van der Waals surface area contributed by atoms with Crippen LogP contribution >= 0.6 is 12.4 Å². The predicted molar refractivity (Wildman–Crippen MR) is 208 cm³/mol. The molecule has 19 heteroatoms. The van der Waals surface area contributed by atoms with Crippen molar-refractivity contribution in [2.45, 2.75) is 62.4 Å². The third kappa shape index (κ3) is 7.84. The highest BCUT2D eigenvalue weighted by atomic mass is 35.5. The van der Waals surface area contributed by atoms with Crippen molar-refractivity contribution in [2.75, 3.05) is 35.2 Å². The second-order valence-electron chi connectivity index (χ2n) is 13.8. The molecule has 5 atom stereocenters. The molecule has 0 bridgehead atoms. The smallest absolute Gasteiger partial charge is 0.319 e. The lowest BCUT2D eigenvalue weighted by Crippen LogP contribution is -2.40. The van der Waals surface area contributed by atoms with Crippen LogP contribution in [0.5, 0.6) is 11.5 Å². The number of phenols is 2. The number of carbonyl (C=O) groups excluding carboxylic acids is 1. The molecule has 1 aliphatic heterocycles. The number of urea groups is 1. The first-order valence-corrected chi connectivity index (χ1v) is 18.2. The van der Waals surface area contributed by atoms with Crippen molar-refractivity contribution in [2.24, 2.45) is 0 Å². The number of hydrogen-bond acceptors (Lipinski definition) is 14. The van der Waals surface area contributed by atoms with E-state index in [1.54, 1.807) is 59.7 Å². The number of phenolic OH excluding ortho intramolecular Hbond substituents is 2.